The first-order valence-electron chi connectivity index (χ1n) is 14.5. The molecule has 2 aromatic carbocycles. The Morgan fingerprint density at radius 2 is 1.22 bits per heavy atom. The third-order valence-corrected chi connectivity index (χ3v) is 6.71. The average molecular weight is 494 g/mol. The zero-order chi connectivity index (χ0) is 25.5. The van der Waals surface area contributed by atoms with Crippen molar-refractivity contribution in [2.45, 2.75) is 116 Å². The van der Waals surface area contributed by atoms with Crippen molar-refractivity contribution in [3.05, 3.63) is 83.9 Å². The fourth-order valence-electron chi connectivity index (χ4n) is 4.39. The lowest BCUT2D eigenvalue weighted by Crippen LogP contribution is -2.36. The van der Waals surface area contributed by atoms with Crippen molar-refractivity contribution in [1.82, 2.24) is 0 Å². The second-order valence-electron chi connectivity index (χ2n) is 10.0. The van der Waals surface area contributed by atoms with Gasteiger partial charge in [0.15, 0.2) is 0 Å². The molecule has 0 unspecified atom stereocenters. The molecular weight excluding hydrogens is 442 g/mol. The molecule has 0 bridgehead atoms. The Hall–Kier alpha value is -1.94. The predicted octanol–water partition coefficient (Wildman–Crippen LogP) is 8.76. The van der Waals surface area contributed by atoms with Crippen molar-refractivity contribution in [3.8, 4) is 0 Å². The van der Waals surface area contributed by atoms with Crippen LogP contribution in [0.25, 0.3) is 0 Å². The van der Waals surface area contributed by atoms with Gasteiger partial charge in [-0.1, -0.05) is 144 Å². The van der Waals surface area contributed by atoms with E-state index in [0.29, 0.717) is 19.8 Å². The third-order valence-electron chi connectivity index (χ3n) is 6.71. The molecule has 3 nitrogen and oxygen atoms in total. The predicted molar refractivity (Wildman–Crippen MR) is 154 cm³/mol. The van der Waals surface area contributed by atoms with E-state index in [9.17, 15) is 0 Å². The molecule has 3 heteroatoms. The standard InChI is InChI=1S/C33H51NO2/c1-2-3-4-5-6-7-8-9-10-11-12-13-20-25-33(36-29-31-23-18-15-19-24-31)32(34)26-27-35-28-30-21-16-14-17-22-30/h14-25,32-33H,2-13,26-29,34H2,1H3/b25-20+/t32-,33+/m0/s1. The zero-order valence-corrected chi connectivity index (χ0v) is 22.8. The molecule has 0 spiro atoms. The van der Waals surface area contributed by atoms with E-state index >= 15 is 0 Å². The minimum absolute atomic E-state index is 0.0851. The first-order chi connectivity index (χ1) is 17.8. The number of unbranched alkanes of at least 4 members (excludes halogenated alkanes) is 11. The minimum atomic E-state index is -0.0989. The van der Waals surface area contributed by atoms with Crippen LogP contribution in [-0.2, 0) is 22.7 Å². The molecular formula is C33H51NO2. The molecule has 2 rings (SSSR count). The van der Waals surface area contributed by atoms with E-state index in [2.05, 4.69) is 43.3 Å². The normalized spacial score (nSPS) is 13.3. The van der Waals surface area contributed by atoms with E-state index in [4.69, 9.17) is 15.2 Å². The fourth-order valence-corrected chi connectivity index (χ4v) is 4.39. The fraction of sp³-hybridized carbons (Fsp3) is 0.576. The van der Waals surface area contributed by atoms with E-state index in [-0.39, 0.29) is 12.1 Å². The largest absolute Gasteiger partial charge is 0.377 e. The quantitative estimate of drug-likeness (QED) is 0.132. The molecule has 2 atom stereocenters. The highest BCUT2D eigenvalue weighted by Gasteiger charge is 2.16. The summed E-state index contributed by atoms with van der Waals surface area (Å²) in [4.78, 5) is 0. The third kappa shape index (κ3) is 15.2. The van der Waals surface area contributed by atoms with Crippen LogP contribution in [0.15, 0.2) is 72.8 Å². The van der Waals surface area contributed by atoms with Crippen LogP contribution in [0.1, 0.15) is 102 Å². The van der Waals surface area contributed by atoms with Crippen LogP contribution in [0.4, 0.5) is 0 Å². The Morgan fingerprint density at radius 1 is 0.694 bits per heavy atom. The lowest BCUT2D eigenvalue weighted by Gasteiger charge is -2.22. The van der Waals surface area contributed by atoms with Gasteiger partial charge in [0.25, 0.3) is 0 Å². The number of nitrogens with two attached hydrogens (primary N) is 1. The summed E-state index contributed by atoms with van der Waals surface area (Å²) in [5, 5.41) is 0. The summed E-state index contributed by atoms with van der Waals surface area (Å²) in [6, 6.07) is 20.5. The lowest BCUT2D eigenvalue weighted by molar-refractivity contribution is 0.0399. The van der Waals surface area contributed by atoms with Gasteiger partial charge in [0.2, 0.25) is 0 Å². The maximum atomic E-state index is 6.55. The Labute approximate surface area is 221 Å². The van der Waals surface area contributed by atoms with Gasteiger partial charge in [0.05, 0.1) is 19.3 Å². The summed E-state index contributed by atoms with van der Waals surface area (Å²) in [7, 11) is 0. The molecule has 0 fully saturated rings. The molecule has 0 saturated carbocycles. The Morgan fingerprint density at radius 3 is 1.81 bits per heavy atom. The maximum absolute atomic E-state index is 6.55. The molecule has 0 aromatic heterocycles. The lowest BCUT2D eigenvalue weighted by atomic mass is 10.0. The summed E-state index contributed by atoms with van der Waals surface area (Å²) >= 11 is 0. The first-order valence-corrected chi connectivity index (χ1v) is 14.5. The van der Waals surface area contributed by atoms with Crippen LogP contribution in [0.3, 0.4) is 0 Å². The van der Waals surface area contributed by atoms with Gasteiger partial charge in [0.1, 0.15) is 0 Å². The number of ether oxygens (including phenoxy) is 2. The van der Waals surface area contributed by atoms with Gasteiger partial charge in [-0.3, -0.25) is 0 Å². The topological polar surface area (TPSA) is 44.5 Å². The highest BCUT2D eigenvalue weighted by Crippen LogP contribution is 2.14. The van der Waals surface area contributed by atoms with Gasteiger partial charge in [-0.2, -0.15) is 0 Å². The van der Waals surface area contributed by atoms with Crippen molar-refractivity contribution in [2.75, 3.05) is 6.61 Å². The molecule has 2 N–H and O–H groups in total. The zero-order valence-electron chi connectivity index (χ0n) is 22.8. The first kappa shape index (κ1) is 30.3. The van der Waals surface area contributed by atoms with E-state index in [0.717, 1.165) is 12.8 Å². The molecule has 2 aromatic rings. The second kappa shape index (κ2) is 21.2. The van der Waals surface area contributed by atoms with Gasteiger partial charge in [0, 0.05) is 12.6 Å². The second-order valence-corrected chi connectivity index (χ2v) is 10.0. The Balaban J connectivity index is 1.64. The van der Waals surface area contributed by atoms with Gasteiger partial charge >= 0.3 is 0 Å². The maximum Gasteiger partial charge on any atom is 0.0912 e. The van der Waals surface area contributed by atoms with Crippen molar-refractivity contribution in [3.63, 3.8) is 0 Å². The number of hydrogen-bond acceptors (Lipinski definition) is 3. The van der Waals surface area contributed by atoms with Crippen LogP contribution >= 0.6 is 0 Å². The summed E-state index contributed by atoms with van der Waals surface area (Å²) in [6.07, 6.45) is 21.3. The summed E-state index contributed by atoms with van der Waals surface area (Å²) in [5.74, 6) is 0. The molecule has 0 aliphatic carbocycles. The van der Waals surface area contributed by atoms with Crippen molar-refractivity contribution in [2.24, 2.45) is 5.73 Å². The monoisotopic (exact) mass is 493 g/mol. The summed E-state index contributed by atoms with van der Waals surface area (Å²) < 4.78 is 12.1. The highest BCUT2D eigenvalue weighted by molar-refractivity contribution is 5.14. The highest BCUT2D eigenvalue weighted by atomic mass is 16.5. The number of allylic oxidation sites excluding steroid dienone is 1. The molecule has 0 amide bonds. The van der Waals surface area contributed by atoms with E-state index < -0.39 is 0 Å². The van der Waals surface area contributed by atoms with Crippen molar-refractivity contribution < 1.29 is 9.47 Å². The van der Waals surface area contributed by atoms with Crippen molar-refractivity contribution in [1.29, 1.82) is 0 Å². The molecule has 0 aliphatic heterocycles. The van der Waals surface area contributed by atoms with Crippen LogP contribution in [0.5, 0.6) is 0 Å². The minimum Gasteiger partial charge on any atom is -0.377 e. The molecule has 0 heterocycles. The number of rotatable bonds is 22. The molecule has 0 radical (unpaired) electrons. The van der Waals surface area contributed by atoms with Crippen LogP contribution in [0, 0.1) is 0 Å². The van der Waals surface area contributed by atoms with E-state index in [1.807, 2.05) is 36.4 Å². The van der Waals surface area contributed by atoms with Crippen LogP contribution in [0.2, 0.25) is 0 Å². The smallest absolute Gasteiger partial charge is 0.0912 e. The molecule has 36 heavy (non-hydrogen) atoms. The number of benzene rings is 2. The molecule has 0 aliphatic rings. The van der Waals surface area contributed by atoms with Crippen LogP contribution < -0.4 is 5.73 Å². The molecule has 200 valence electrons. The average Bonchev–Trinajstić information content (AvgIpc) is 2.92. The van der Waals surface area contributed by atoms with E-state index in [1.54, 1.807) is 0 Å². The van der Waals surface area contributed by atoms with Gasteiger partial charge < -0.3 is 15.2 Å². The summed E-state index contributed by atoms with van der Waals surface area (Å²) in [5.41, 5.74) is 8.92. The SMILES string of the molecule is CCCCCCCCCCCCC/C=C/[C@@H](OCc1ccccc1)[C@@H](N)CCOCc1ccccc1. The van der Waals surface area contributed by atoms with Gasteiger partial charge in [-0.15, -0.1) is 0 Å². The van der Waals surface area contributed by atoms with Gasteiger partial charge in [-0.05, 0) is 30.4 Å². The van der Waals surface area contributed by atoms with Crippen molar-refractivity contribution >= 4 is 0 Å². The number of hydrogen-bond donors (Lipinski definition) is 1. The summed E-state index contributed by atoms with van der Waals surface area (Å²) in [6.45, 7) is 4.11. The van der Waals surface area contributed by atoms with Gasteiger partial charge in [-0.25, -0.2) is 0 Å². The Kier molecular flexibility index (Phi) is 17.8. The molecule has 0 saturated heterocycles. The Bertz CT molecular complexity index is 762. The van der Waals surface area contributed by atoms with E-state index in [1.165, 1.54) is 81.8 Å². The van der Waals surface area contributed by atoms with Crippen LogP contribution in [-0.4, -0.2) is 18.8 Å².